The SMILES string of the molecule is CCCN(CC1CCC(NC(=O)c2cc3ccccc3[nH]2)CC1)C1CCc2c(O)cccc2C1. The van der Waals surface area contributed by atoms with Gasteiger partial charge in [0.15, 0.2) is 0 Å². The summed E-state index contributed by atoms with van der Waals surface area (Å²) < 4.78 is 0. The van der Waals surface area contributed by atoms with E-state index in [9.17, 15) is 9.90 Å². The van der Waals surface area contributed by atoms with Gasteiger partial charge in [-0.25, -0.2) is 0 Å². The van der Waals surface area contributed by atoms with Gasteiger partial charge in [0.05, 0.1) is 0 Å². The van der Waals surface area contributed by atoms with E-state index < -0.39 is 0 Å². The fourth-order valence-corrected chi connectivity index (χ4v) is 6.07. The van der Waals surface area contributed by atoms with Gasteiger partial charge in [-0.15, -0.1) is 0 Å². The highest BCUT2D eigenvalue weighted by molar-refractivity contribution is 5.98. The number of hydrogen-bond donors (Lipinski definition) is 3. The van der Waals surface area contributed by atoms with Gasteiger partial charge >= 0.3 is 0 Å². The maximum absolute atomic E-state index is 12.8. The zero-order chi connectivity index (χ0) is 23.5. The first kappa shape index (κ1) is 23.0. The van der Waals surface area contributed by atoms with Gasteiger partial charge in [0.25, 0.3) is 5.91 Å². The second-order valence-electron chi connectivity index (χ2n) is 10.3. The van der Waals surface area contributed by atoms with Crippen molar-refractivity contribution in [2.45, 2.75) is 70.4 Å². The molecule has 0 aliphatic heterocycles. The van der Waals surface area contributed by atoms with Crippen molar-refractivity contribution in [3.63, 3.8) is 0 Å². The predicted octanol–water partition coefficient (Wildman–Crippen LogP) is 5.43. The molecule has 1 saturated carbocycles. The first-order chi connectivity index (χ1) is 16.6. The largest absolute Gasteiger partial charge is 0.508 e. The molecule has 2 aliphatic carbocycles. The molecule has 0 bridgehead atoms. The normalized spacial score (nSPS) is 22.6. The maximum atomic E-state index is 12.8. The number of amides is 1. The summed E-state index contributed by atoms with van der Waals surface area (Å²) in [5.41, 5.74) is 4.14. The molecule has 0 saturated heterocycles. The summed E-state index contributed by atoms with van der Waals surface area (Å²) in [6.45, 7) is 4.55. The standard InChI is InChI=1S/C29H37N3O2/c1-2-16-32(24-14-15-25-21(17-24)7-5-9-28(25)33)19-20-10-12-23(13-11-20)30-29(34)27-18-22-6-3-4-8-26(22)31-27/h3-9,18,20,23-24,31,33H,2,10-17,19H2,1H3,(H,30,34). The number of rotatable bonds is 7. The Labute approximate surface area is 202 Å². The lowest BCUT2D eigenvalue weighted by molar-refractivity contribution is 0.0904. The highest BCUT2D eigenvalue weighted by Crippen LogP contribution is 2.32. The monoisotopic (exact) mass is 459 g/mol. The average molecular weight is 460 g/mol. The number of aromatic hydroxyl groups is 1. The Bertz CT molecular complexity index is 1100. The maximum Gasteiger partial charge on any atom is 0.267 e. The summed E-state index contributed by atoms with van der Waals surface area (Å²) in [5, 5.41) is 14.5. The van der Waals surface area contributed by atoms with Crippen molar-refractivity contribution in [2.24, 2.45) is 5.92 Å². The molecule has 1 aromatic heterocycles. The molecule has 3 N–H and O–H groups in total. The molecule has 1 fully saturated rings. The molecule has 1 unspecified atom stereocenters. The Morgan fingerprint density at radius 3 is 2.71 bits per heavy atom. The van der Waals surface area contributed by atoms with Gasteiger partial charge in [-0.2, -0.15) is 0 Å². The number of H-pyrrole nitrogens is 1. The summed E-state index contributed by atoms with van der Waals surface area (Å²) in [6, 6.07) is 16.8. The molecular formula is C29H37N3O2. The smallest absolute Gasteiger partial charge is 0.267 e. The van der Waals surface area contributed by atoms with Crippen LogP contribution in [0.15, 0.2) is 48.5 Å². The lowest BCUT2D eigenvalue weighted by atomic mass is 9.83. The van der Waals surface area contributed by atoms with E-state index in [2.05, 4.69) is 28.2 Å². The molecule has 5 nitrogen and oxygen atoms in total. The summed E-state index contributed by atoms with van der Waals surface area (Å²) in [4.78, 5) is 18.7. The molecule has 3 aromatic rings. The zero-order valence-corrected chi connectivity index (χ0v) is 20.2. The number of nitrogens with zero attached hydrogens (tertiary/aromatic N) is 1. The van der Waals surface area contributed by atoms with Gasteiger partial charge < -0.3 is 15.4 Å². The van der Waals surface area contributed by atoms with Gasteiger partial charge in [0, 0.05) is 29.5 Å². The van der Waals surface area contributed by atoms with Crippen LogP contribution in [0.5, 0.6) is 5.75 Å². The lowest BCUT2D eigenvalue weighted by Gasteiger charge is -2.39. The predicted molar refractivity (Wildman–Crippen MR) is 137 cm³/mol. The number of nitrogens with one attached hydrogen (secondary N) is 2. The third-order valence-electron chi connectivity index (χ3n) is 7.91. The Morgan fingerprint density at radius 1 is 1.09 bits per heavy atom. The highest BCUT2D eigenvalue weighted by atomic mass is 16.3. The van der Waals surface area contributed by atoms with Gasteiger partial charge in [-0.3, -0.25) is 9.69 Å². The van der Waals surface area contributed by atoms with Crippen LogP contribution < -0.4 is 5.32 Å². The quantitative estimate of drug-likeness (QED) is 0.441. The first-order valence-electron chi connectivity index (χ1n) is 13.0. The Hall–Kier alpha value is -2.79. The van der Waals surface area contributed by atoms with Crippen molar-refractivity contribution >= 4 is 16.8 Å². The minimum Gasteiger partial charge on any atom is -0.508 e. The van der Waals surface area contributed by atoms with E-state index in [1.165, 1.54) is 24.8 Å². The molecule has 2 aliphatic rings. The van der Waals surface area contributed by atoms with Gasteiger partial charge in [0.2, 0.25) is 0 Å². The fourth-order valence-electron chi connectivity index (χ4n) is 6.07. The summed E-state index contributed by atoms with van der Waals surface area (Å²) >= 11 is 0. The van der Waals surface area contributed by atoms with Crippen LogP contribution in [0.2, 0.25) is 0 Å². The van der Waals surface area contributed by atoms with Crippen LogP contribution in [-0.4, -0.2) is 46.1 Å². The molecule has 5 heteroatoms. The van der Waals surface area contributed by atoms with Gasteiger partial charge in [0.1, 0.15) is 11.4 Å². The van der Waals surface area contributed by atoms with Gasteiger partial charge in [-0.1, -0.05) is 37.3 Å². The van der Waals surface area contributed by atoms with Crippen LogP contribution in [0.3, 0.4) is 0 Å². The van der Waals surface area contributed by atoms with E-state index >= 15 is 0 Å². The van der Waals surface area contributed by atoms with Crippen LogP contribution in [0.4, 0.5) is 0 Å². The third-order valence-corrected chi connectivity index (χ3v) is 7.91. The summed E-state index contributed by atoms with van der Waals surface area (Å²) in [7, 11) is 0. The molecule has 0 spiro atoms. The number of phenols is 1. The highest BCUT2D eigenvalue weighted by Gasteiger charge is 2.29. The fraction of sp³-hybridized carbons (Fsp3) is 0.483. The van der Waals surface area contributed by atoms with E-state index in [0.29, 0.717) is 23.4 Å². The number of fused-ring (bicyclic) bond motifs is 2. The zero-order valence-electron chi connectivity index (χ0n) is 20.2. The van der Waals surface area contributed by atoms with Gasteiger partial charge in [-0.05, 0) is 93.2 Å². The second-order valence-corrected chi connectivity index (χ2v) is 10.3. The molecule has 1 heterocycles. The van der Waals surface area contributed by atoms with Crippen LogP contribution in [0.25, 0.3) is 10.9 Å². The molecule has 1 atom stereocenters. The topological polar surface area (TPSA) is 68.4 Å². The van der Waals surface area contributed by atoms with E-state index in [1.807, 2.05) is 42.5 Å². The van der Waals surface area contributed by atoms with E-state index in [0.717, 1.165) is 61.7 Å². The lowest BCUT2D eigenvalue weighted by Crippen LogP contribution is -2.44. The Kier molecular flexibility index (Phi) is 6.91. The van der Waals surface area contributed by atoms with Crippen molar-refractivity contribution in [1.29, 1.82) is 0 Å². The first-order valence-corrected chi connectivity index (χ1v) is 13.0. The number of phenolic OH excluding ortho intramolecular Hbond substituents is 1. The molecule has 180 valence electrons. The molecule has 5 rings (SSSR count). The number of hydrogen-bond acceptors (Lipinski definition) is 3. The van der Waals surface area contributed by atoms with Crippen LogP contribution in [0.1, 0.15) is 67.1 Å². The van der Waals surface area contributed by atoms with E-state index in [4.69, 9.17) is 0 Å². The van der Waals surface area contributed by atoms with E-state index in [-0.39, 0.29) is 11.9 Å². The minimum atomic E-state index is 0.0105. The van der Waals surface area contributed by atoms with Crippen LogP contribution in [0, 0.1) is 5.92 Å². The van der Waals surface area contributed by atoms with Crippen molar-refractivity contribution in [1.82, 2.24) is 15.2 Å². The number of benzene rings is 2. The summed E-state index contributed by atoms with van der Waals surface area (Å²) in [6.07, 6.45) is 8.75. The molecule has 2 aromatic carbocycles. The Balaban J connectivity index is 1.14. The number of carbonyl (C=O) groups is 1. The van der Waals surface area contributed by atoms with Crippen LogP contribution >= 0.6 is 0 Å². The van der Waals surface area contributed by atoms with Crippen molar-refractivity contribution in [2.75, 3.05) is 13.1 Å². The average Bonchev–Trinajstić information content (AvgIpc) is 3.30. The third kappa shape index (κ3) is 5.00. The number of para-hydroxylation sites is 1. The van der Waals surface area contributed by atoms with Crippen LogP contribution in [-0.2, 0) is 12.8 Å². The number of aromatic nitrogens is 1. The number of carbonyl (C=O) groups excluding carboxylic acids is 1. The Morgan fingerprint density at radius 2 is 1.91 bits per heavy atom. The summed E-state index contributed by atoms with van der Waals surface area (Å²) in [5.74, 6) is 1.17. The molecule has 1 amide bonds. The van der Waals surface area contributed by atoms with Crippen molar-refractivity contribution in [3.8, 4) is 5.75 Å². The number of aromatic amines is 1. The van der Waals surface area contributed by atoms with Crippen molar-refractivity contribution in [3.05, 3.63) is 65.4 Å². The van der Waals surface area contributed by atoms with E-state index in [1.54, 1.807) is 0 Å². The molecule has 0 radical (unpaired) electrons. The minimum absolute atomic E-state index is 0.0105. The van der Waals surface area contributed by atoms with Crippen molar-refractivity contribution < 1.29 is 9.90 Å². The molecular weight excluding hydrogens is 422 g/mol. The second kappa shape index (κ2) is 10.2. The molecule has 34 heavy (non-hydrogen) atoms.